The molecule has 0 fully saturated rings. The van der Waals surface area contributed by atoms with E-state index in [1.165, 1.54) is 10.9 Å². The van der Waals surface area contributed by atoms with Crippen molar-refractivity contribution in [3.05, 3.63) is 76.2 Å². The van der Waals surface area contributed by atoms with E-state index in [1.54, 1.807) is 0 Å². The minimum absolute atomic E-state index is 0.00221. The fourth-order valence-electron chi connectivity index (χ4n) is 3.86. The average Bonchev–Trinajstić information content (AvgIpc) is 3.23. The van der Waals surface area contributed by atoms with E-state index < -0.39 is 0 Å². The van der Waals surface area contributed by atoms with E-state index in [0.29, 0.717) is 0 Å². The standard InChI is InChI=1S/C20H18ClN5/c1-12-18(24-25-26(12)14-5-3-2-4-6-14)20-19-15(9-10-22-20)16-11-13(21)7-8-17(16)23-19/h2-8,11,20,22-23H,9-10H2,1H3. The number of hydrogen-bond acceptors (Lipinski definition) is 3. The predicted octanol–water partition coefficient (Wildman–Crippen LogP) is 3.95. The first-order valence-corrected chi connectivity index (χ1v) is 9.11. The molecule has 2 aromatic heterocycles. The molecule has 0 aliphatic carbocycles. The number of fused-ring (bicyclic) bond motifs is 3. The Morgan fingerprint density at radius 1 is 1.15 bits per heavy atom. The number of aromatic amines is 1. The molecule has 2 aromatic carbocycles. The van der Waals surface area contributed by atoms with Gasteiger partial charge in [0.2, 0.25) is 0 Å². The summed E-state index contributed by atoms with van der Waals surface area (Å²) in [5.74, 6) is 0. The van der Waals surface area contributed by atoms with Crippen molar-refractivity contribution in [2.45, 2.75) is 19.4 Å². The third-order valence-electron chi connectivity index (χ3n) is 5.12. The first-order chi connectivity index (χ1) is 12.7. The lowest BCUT2D eigenvalue weighted by molar-refractivity contribution is 0.546. The van der Waals surface area contributed by atoms with Gasteiger partial charge in [-0.05, 0) is 49.2 Å². The van der Waals surface area contributed by atoms with Gasteiger partial charge in [0, 0.05) is 28.2 Å². The predicted molar refractivity (Wildman–Crippen MR) is 103 cm³/mol. The van der Waals surface area contributed by atoms with Crippen LogP contribution in [0.15, 0.2) is 48.5 Å². The monoisotopic (exact) mass is 363 g/mol. The lowest BCUT2D eigenvalue weighted by Crippen LogP contribution is -2.31. The van der Waals surface area contributed by atoms with Gasteiger partial charge in [-0.2, -0.15) is 0 Å². The second kappa shape index (κ2) is 5.97. The quantitative estimate of drug-likeness (QED) is 0.567. The molecule has 1 unspecified atom stereocenters. The first-order valence-electron chi connectivity index (χ1n) is 8.73. The number of hydrogen-bond donors (Lipinski definition) is 2. The molecule has 3 heterocycles. The smallest absolute Gasteiger partial charge is 0.109 e. The molecule has 0 saturated heterocycles. The molecule has 130 valence electrons. The van der Waals surface area contributed by atoms with Crippen molar-refractivity contribution < 1.29 is 0 Å². The molecular formula is C20H18ClN5. The highest BCUT2D eigenvalue weighted by molar-refractivity contribution is 6.31. The van der Waals surface area contributed by atoms with Gasteiger partial charge in [-0.15, -0.1) is 5.10 Å². The third-order valence-corrected chi connectivity index (χ3v) is 5.35. The van der Waals surface area contributed by atoms with E-state index in [-0.39, 0.29) is 6.04 Å². The Balaban J connectivity index is 1.63. The summed E-state index contributed by atoms with van der Waals surface area (Å²) in [5, 5.41) is 14.5. The molecule has 0 spiro atoms. The van der Waals surface area contributed by atoms with E-state index in [4.69, 9.17) is 11.6 Å². The molecule has 5 nitrogen and oxygen atoms in total. The second-order valence-electron chi connectivity index (χ2n) is 6.65. The highest BCUT2D eigenvalue weighted by Gasteiger charge is 2.29. The van der Waals surface area contributed by atoms with Crippen molar-refractivity contribution in [2.75, 3.05) is 6.54 Å². The number of nitrogens with one attached hydrogen (secondary N) is 2. The minimum Gasteiger partial charge on any atom is -0.357 e. The summed E-state index contributed by atoms with van der Waals surface area (Å²) in [6, 6.07) is 16.1. The van der Waals surface area contributed by atoms with Crippen molar-refractivity contribution in [2.24, 2.45) is 0 Å². The van der Waals surface area contributed by atoms with Crippen LogP contribution in [0.25, 0.3) is 16.6 Å². The minimum atomic E-state index is 0.00221. The summed E-state index contributed by atoms with van der Waals surface area (Å²) < 4.78 is 1.89. The van der Waals surface area contributed by atoms with Crippen LogP contribution in [0.2, 0.25) is 5.02 Å². The van der Waals surface area contributed by atoms with Crippen LogP contribution in [-0.2, 0) is 6.42 Å². The van der Waals surface area contributed by atoms with Gasteiger partial charge in [-0.25, -0.2) is 4.68 Å². The molecule has 0 saturated carbocycles. The lowest BCUT2D eigenvalue weighted by Gasteiger charge is -2.23. The molecule has 1 aliphatic rings. The van der Waals surface area contributed by atoms with Crippen LogP contribution < -0.4 is 5.32 Å². The summed E-state index contributed by atoms with van der Waals surface area (Å²) in [5.41, 5.74) is 6.60. The number of nitrogens with zero attached hydrogens (tertiary/aromatic N) is 3. The van der Waals surface area contributed by atoms with E-state index in [2.05, 4.69) is 27.5 Å². The van der Waals surface area contributed by atoms with Crippen LogP contribution in [0.4, 0.5) is 0 Å². The fourth-order valence-corrected chi connectivity index (χ4v) is 4.03. The molecular weight excluding hydrogens is 346 g/mol. The average molecular weight is 364 g/mol. The van der Waals surface area contributed by atoms with Gasteiger partial charge >= 0.3 is 0 Å². The number of aromatic nitrogens is 4. The molecule has 0 bridgehead atoms. The zero-order chi connectivity index (χ0) is 17.7. The zero-order valence-corrected chi connectivity index (χ0v) is 15.1. The van der Waals surface area contributed by atoms with Crippen molar-refractivity contribution in [1.29, 1.82) is 0 Å². The first kappa shape index (κ1) is 15.6. The highest BCUT2D eigenvalue weighted by Crippen LogP contribution is 2.35. The maximum Gasteiger partial charge on any atom is 0.109 e. The lowest BCUT2D eigenvalue weighted by atomic mass is 9.96. The van der Waals surface area contributed by atoms with Crippen molar-refractivity contribution >= 4 is 22.5 Å². The Morgan fingerprint density at radius 3 is 2.85 bits per heavy atom. The molecule has 0 amide bonds. The van der Waals surface area contributed by atoms with Gasteiger partial charge in [0.15, 0.2) is 0 Å². The van der Waals surface area contributed by atoms with Crippen LogP contribution in [0.1, 0.15) is 28.7 Å². The molecule has 26 heavy (non-hydrogen) atoms. The van der Waals surface area contributed by atoms with E-state index in [9.17, 15) is 0 Å². The Bertz CT molecular complexity index is 1100. The number of para-hydroxylation sites is 1. The SMILES string of the molecule is Cc1c(C2NCCc3c2[nH]c2ccc(Cl)cc32)nnn1-c1ccccc1. The van der Waals surface area contributed by atoms with Crippen molar-refractivity contribution in [3.63, 3.8) is 0 Å². The number of H-pyrrole nitrogens is 1. The molecule has 2 N–H and O–H groups in total. The van der Waals surface area contributed by atoms with Gasteiger partial charge in [0.25, 0.3) is 0 Å². The Morgan fingerprint density at radius 2 is 2.00 bits per heavy atom. The third kappa shape index (κ3) is 2.35. The number of benzene rings is 2. The topological polar surface area (TPSA) is 58.5 Å². The maximum absolute atomic E-state index is 6.21. The van der Waals surface area contributed by atoms with Crippen LogP contribution in [0.5, 0.6) is 0 Å². The van der Waals surface area contributed by atoms with Gasteiger partial charge in [-0.3, -0.25) is 0 Å². The van der Waals surface area contributed by atoms with Crippen molar-refractivity contribution in [3.8, 4) is 5.69 Å². The number of halogens is 1. The molecule has 1 aliphatic heterocycles. The second-order valence-corrected chi connectivity index (χ2v) is 7.09. The summed E-state index contributed by atoms with van der Waals surface area (Å²) in [6.07, 6.45) is 0.970. The summed E-state index contributed by atoms with van der Waals surface area (Å²) in [4.78, 5) is 3.57. The largest absolute Gasteiger partial charge is 0.357 e. The highest BCUT2D eigenvalue weighted by atomic mass is 35.5. The molecule has 1 atom stereocenters. The molecule has 0 radical (unpaired) electrons. The zero-order valence-electron chi connectivity index (χ0n) is 14.3. The molecule has 5 rings (SSSR count). The fraction of sp³-hybridized carbons (Fsp3) is 0.200. The van der Waals surface area contributed by atoms with Crippen LogP contribution >= 0.6 is 11.6 Å². The van der Waals surface area contributed by atoms with Gasteiger partial charge < -0.3 is 10.3 Å². The Labute approximate surface area is 156 Å². The normalized spacial score (nSPS) is 16.8. The number of rotatable bonds is 2. The summed E-state index contributed by atoms with van der Waals surface area (Å²) in [7, 11) is 0. The molecule has 6 heteroatoms. The van der Waals surface area contributed by atoms with Crippen molar-refractivity contribution in [1.82, 2.24) is 25.3 Å². The van der Waals surface area contributed by atoms with E-state index in [0.717, 1.165) is 46.3 Å². The Hall–Kier alpha value is -2.63. The molecule has 4 aromatic rings. The summed E-state index contributed by atoms with van der Waals surface area (Å²) >= 11 is 6.21. The van der Waals surface area contributed by atoms with Gasteiger partial charge in [0.1, 0.15) is 5.69 Å². The van der Waals surface area contributed by atoms with Crippen LogP contribution in [0, 0.1) is 6.92 Å². The van der Waals surface area contributed by atoms with Gasteiger partial charge in [0.05, 0.1) is 17.4 Å². The van der Waals surface area contributed by atoms with Crippen LogP contribution in [0.3, 0.4) is 0 Å². The summed E-state index contributed by atoms with van der Waals surface area (Å²) in [6.45, 7) is 2.96. The van der Waals surface area contributed by atoms with Crippen LogP contribution in [-0.4, -0.2) is 26.5 Å². The van der Waals surface area contributed by atoms with Gasteiger partial charge in [-0.1, -0.05) is 35.0 Å². The van der Waals surface area contributed by atoms with E-state index >= 15 is 0 Å². The van der Waals surface area contributed by atoms with E-state index in [1.807, 2.05) is 53.2 Å². The maximum atomic E-state index is 6.21. The Kier molecular flexibility index (Phi) is 3.58.